The Morgan fingerprint density at radius 1 is 1.22 bits per heavy atom. The van der Waals surface area contributed by atoms with Crippen molar-refractivity contribution < 1.29 is 9.90 Å². The van der Waals surface area contributed by atoms with Crippen LogP contribution in [-0.2, 0) is 6.54 Å². The van der Waals surface area contributed by atoms with Crippen LogP contribution >= 0.6 is 0 Å². The Bertz CT molecular complexity index is 668. The van der Waals surface area contributed by atoms with Crippen LogP contribution in [0.5, 0.6) is 0 Å². The Morgan fingerprint density at radius 3 is 2.57 bits per heavy atom. The number of pyridine rings is 1. The van der Waals surface area contributed by atoms with Crippen molar-refractivity contribution in [1.29, 1.82) is 0 Å². The molecule has 1 saturated carbocycles. The fourth-order valence-corrected chi connectivity index (χ4v) is 2.91. The molecule has 2 aromatic rings. The number of benzene rings is 1. The van der Waals surface area contributed by atoms with Gasteiger partial charge >= 0.3 is 0 Å². The van der Waals surface area contributed by atoms with E-state index >= 15 is 0 Å². The number of aryl methyl sites for hydroxylation is 1. The minimum absolute atomic E-state index is 0.00490. The number of aliphatic hydroxyl groups is 1. The molecule has 1 fully saturated rings. The highest BCUT2D eigenvalue weighted by atomic mass is 16.3. The molecule has 1 amide bonds. The van der Waals surface area contributed by atoms with Crippen molar-refractivity contribution >= 4 is 5.91 Å². The predicted molar refractivity (Wildman–Crippen MR) is 88.9 cm³/mol. The maximum Gasteiger partial charge on any atom is 0.273 e. The topological polar surface area (TPSA) is 53.4 Å². The zero-order valence-electron chi connectivity index (χ0n) is 13.4. The summed E-state index contributed by atoms with van der Waals surface area (Å²) in [6.07, 6.45) is 2.15. The molecular weight excluding hydrogens is 288 g/mol. The summed E-state index contributed by atoms with van der Waals surface area (Å²) < 4.78 is 0. The van der Waals surface area contributed by atoms with Crippen LogP contribution in [0.15, 0.2) is 48.5 Å². The minimum Gasteiger partial charge on any atom is -0.394 e. The molecule has 0 saturated heterocycles. The third-order valence-electron chi connectivity index (χ3n) is 4.32. The van der Waals surface area contributed by atoms with Crippen molar-refractivity contribution in [2.75, 3.05) is 6.61 Å². The van der Waals surface area contributed by atoms with Crippen LogP contribution in [0.2, 0.25) is 0 Å². The molecule has 0 bridgehead atoms. The molecule has 1 heterocycles. The maximum atomic E-state index is 13.0. The number of aliphatic hydroxyl groups excluding tert-OH is 1. The van der Waals surface area contributed by atoms with E-state index in [1.54, 1.807) is 11.0 Å². The molecular formula is C19H22N2O2. The number of amides is 1. The van der Waals surface area contributed by atoms with E-state index in [-0.39, 0.29) is 18.6 Å². The monoisotopic (exact) mass is 310 g/mol. The quantitative estimate of drug-likeness (QED) is 0.892. The normalized spacial score (nSPS) is 15.2. The van der Waals surface area contributed by atoms with Crippen molar-refractivity contribution in [3.05, 3.63) is 65.5 Å². The van der Waals surface area contributed by atoms with Crippen LogP contribution in [-0.4, -0.2) is 33.5 Å². The highest BCUT2D eigenvalue weighted by molar-refractivity contribution is 5.92. The summed E-state index contributed by atoms with van der Waals surface area (Å²) in [5, 5.41) is 9.82. The van der Waals surface area contributed by atoms with Gasteiger partial charge < -0.3 is 10.0 Å². The zero-order chi connectivity index (χ0) is 16.2. The van der Waals surface area contributed by atoms with E-state index < -0.39 is 0 Å². The maximum absolute atomic E-state index is 13.0. The van der Waals surface area contributed by atoms with Gasteiger partial charge in [-0.25, -0.2) is 4.98 Å². The van der Waals surface area contributed by atoms with Crippen LogP contribution in [0.4, 0.5) is 0 Å². The van der Waals surface area contributed by atoms with E-state index in [9.17, 15) is 9.90 Å². The van der Waals surface area contributed by atoms with Crippen molar-refractivity contribution in [2.24, 2.45) is 5.92 Å². The average Bonchev–Trinajstić information content (AvgIpc) is 3.40. The molecule has 1 aromatic carbocycles. The van der Waals surface area contributed by atoms with Crippen LogP contribution in [0.25, 0.3) is 0 Å². The molecule has 1 atom stereocenters. The van der Waals surface area contributed by atoms with Gasteiger partial charge in [0.25, 0.3) is 5.91 Å². The summed E-state index contributed by atoms with van der Waals surface area (Å²) in [4.78, 5) is 19.1. The lowest BCUT2D eigenvalue weighted by Crippen LogP contribution is -2.43. The van der Waals surface area contributed by atoms with Gasteiger partial charge in [-0.05, 0) is 43.4 Å². The first-order valence-corrected chi connectivity index (χ1v) is 8.08. The molecule has 0 unspecified atom stereocenters. The molecule has 1 aromatic heterocycles. The number of hydrogen-bond donors (Lipinski definition) is 1. The summed E-state index contributed by atoms with van der Waals surface area (Å²) in [7, 11) is 0. The average molecular weight is 310 g/mol. The zero-order valence-corrected chi connectivity index (χ0v) is 13.4. The van der Waals surface area contributed by atoms with Gasteiger partial charge in [-0.15, -0.1) is 0 Å². The van der Waals surface area contributed by atoms with Crippen LogP contribution in [0.3, 0.4) is 0 Å². The molecule has 0 aliphatic heterocycles. The number of hydrogen-bond acceptors (Lipinski definition) is 3. The van der Waals surface area contributed by atoms with E-state index in [1.165, 1.54) is 0 Å². The summed E-state index contributed by atoms with van der Waals surface area (Å²) in [5.41, 5.74) is 2.33. The first kappa shape index (κ1) is 15.7. The van der Waals surface area contributed by atoms with Crippen LogP contribution < -0.4 is 0 Å². The minimum atomic E-state index is -0.134. The van der Waals surface area contributed by atoms with Gasteiger partial charge in [-0.2, -0.15) is 0 Å². The fraction of sp³-hybridized carbons (Fsp3) is 0.368. The number of carbonyl (C=O) groups excluding carboxylic acids is 1. The highest BCUT2D eigenvalue weighted by Crippen LogP contribution is 2.36. The van der Waals surface area contributed by atoms with Crippen molar-refractivity contribution in [2.45, 2.75) is 32.4 Å². The Hall–Kier alpha value is -2.20. The fourth-order valence-electron chi connectivity index (χ4n) is 2.91. The highest BCUT2D eigenvalue weighted by Gasteiger charge is 2.37. The standard InChI is InChI=1S/C19H22N2O2/c1-14-6-5-9-17(20-14)19(23)21(18(13-22)16-10-11-16)12-15-7-3-2-4-8-15/h2-9,16,18,22H,10-13H2,1H3/t18-/m1/s1. The Kier molecular flexibility index (Phi) is 4.72. The van der Waals surface area contributed by atoms with Crippen molar-refractivity contribution in [3.63, 3.8) is 0 Å². The van der Waals surface area contributed by atoms with E-state index in [2.05, 4.69) is 4.98 Å². The second kappa shape index (κ2) is 6.92. The Labute approximate surface area is 136 Å². The molecule has 23 heavy (non-hydrogen) atoms. The number of rotatable bonds is 6. The summed E-state index contributed by atoms with van der Waals surface area (Å²) >= 11 is 0. The first-order chi connectivity index (χ1) is 11.2. The van der Waals surface area contributed by atoms with Crippen molar-refractivity contribution in [3.8, 4) is 0 Å². The second-order valence-corrected chi connectivity index (χ2v) is 6.17. The SMILES string of the molecule is Cc1cccc(C(=O)N(Cc2ccccc2)[C@H](CO)C2CC2)n1. The summed E-state index contributed by atoms with van der Waals surface area (Å²) in [5.74, 6) is 0.293. The Balaban J connectivity index is 1.89. The van der Waals surface area contributed by atoms with Crippen molar-refractivity contribution in [1.82, 2.24) is 9.88 Å². The first-order valence-electron chi connectivity index (χ1n) is 8.08. The molecule has 0 spiro atoms. The lowest BCUT2D eigenvalue weighted by molar-refractivity contribution is 0.0525. The van der Waals surface area contributed by atoms with Gasteiger partial charge in [0.2, 0.25) is 0 Å². The molecule has 1 N–H and O–H groups in total. The lowest BCUT2D eigenvalue weighted by atomic mass is 10.1. The summed E-state index contributed by atoms with van der Waals surface area (Å²) in [6.45, 7) is 2.37. The van der Waals surface area contributed by atoms with Crippen LogP contribution in [0, 0.1) is 12.8 Å². The second-order valence-electron chi connectivity index (χ2n) is 6.17. The number of carbonyl (C=O) groups is 1. The number of nitrogens with zero attached hydrogens (tertiary/aromatic N) is 2. The van der Waals surface area contributed by atoms with Gasteiger partial charge in [-0.3, -0.25) is 4.79 Å². The van der Waals surface area contributed by atoms with Gasteiger partial charge in [-0.1, -0.05) is 36.4 Å². The molecule has 1 aliphatic rings. The van der Waals surface area contributed by atoms with Gasteiger partial charge in [0, 0.05) is 12.2 Å². The van der Waals surface area contributed by atoms with Gasteiger partial charge in [0.1, 0.15) is 5.69 Å². The molecule has 0 radical (unpaired) electrons. The third kappa shape index (κ3) is 3.77. The molecule has 120 valence electrons. The Morgan fingerprint density at radius 2 is 1.96 bits per heavy atom. The van der Waals surface area contributed by atoms with E-state index in [4.69, 9.17) is 0 Å². The van der Waals surface area contributed by atoms with E-state index in [0.29, 0.717) is 18.2 Å². The lowest BCUT2D eigenvalue weighted by Gasteiger charge is -2.31. The largest absolute Gasteiger partial charge is 0.394 e. The molecule has 1 aliphatic carbocycles. The molecule has 4 heteroatoms. The van der Waals surface area contributed by atoms with E-state index in [0.717, 1.165) is 24.1 Å². The summed E-state index contributed by atoms with van der Waals surface area (Å²) in [6, 6.07) is 15.2. The van der Waals surface area contributed by atoms with E-state index in [1.807, 2.05) is 49.4 Å². The van der Waals surface area contributed by atoms with Gasteiger partial charge in [0.15, 0.2) is 0 Å². The number of aromatic nitrogens is 1. The molecule has 3 rings (SSSR count). The van der Waals surface area contributed by atoms with Gasteiger partial charge in [0.05, 0.1) is 12.6 Å². The third-order valence-corrected chi connectivity index (χ3v) is 4.32. The van der Waals surface area contributed by atoms with Crippen LogP contribution in [0.1, 0.15) is 34.6 Å². The smallest absolute Gasteiger partial charge is 0.273 e. The molecule has 4 nitrogen and oxygen atoms in total. The predicted octanol–water partition coefficient (Wildman–Crippen LogP) is 2.80.